The highest BCUT2D eigenvalue weighted by Crippen LogP contribution is 2.32. The summed E-state index contributed by atoms with van der Waals surface area (Å²) in [5.41, 5.74) is 4.64. The van der Waals surface area contributed by atoms with E-state index in [2.05, 4.69) is 10.5 Å². The predicted octanol–water partition coefficient (Wildman–Crippen LogP) is 4.64. The first-order chi connectivity index (χ1) is 14.2. The van der Waals surface area contributed by atoms with Crippen molar-refractivity contribution in [3.05, 3.63) is 63.7 Å². The van der Waals surface area contributed by atoms with Crippen molar-refractivity contribution in [3.63, 3.8) is 0 Å². The predicted molar refractivity (Wildman–Crippen MR) is 109 cm³/mol. The molecule has 1 aliphatic rings. The first kappa shape index (κ1) is 22.0. The van der Waals surface area contributed by atoms with E-state index in [1.54, 1.807) is 19.1 Å². The molecule has 0 unspecified atom stereocenters. The number of nitrogens with one attached hydrogen (secondary N) is 1. The van der Waals surface area contributed by atoms with Gasteiger partial charge in [0.1, 0.15) is 0 Å². The van der Waals surface area contributed by atoms with E-state index in [9.17, 15) is 18.0 Å². The highest BCUT2D eigenvalue weighted by atomic mass is 35.5. The van der Waals surface area contributed by atoms with Crippen LogP contribution in [0.4, 0.5) is 18.9 Å². The fraction of sp³-hybridized carbons (Fsp3) is 0.333. The number of benzene rings is 2. The lowest BCUT2D eigenvalue weighted by Crippen LogP contribution is -2.42. The van der Waals surface area contributed by atoms with Crippen molar-refractivity contribution in [1.82, 2.24) is 4.90 Å². The lowest BCUT2D eigenvalue weighted by atomic mass is 10.0. The van der Waals surface area contributed by atoms with Gasteiger partial charge in [-0.2, -0.15) is 13.2 Å². The van der Waals surface area contributed by atoms with Crippen LogP contribution in [0.1, 0.15) is 29.2 Å². The maximum absolute atomic E-state index is 12.8. The minimum atomic E-state index is -4.87. The van der Waals surface area contributed by atoms with Crippen LogP contribution < -0.4 is 5.32 Å². The number of amides is 1. The number of nitrogens with zero attached hydrogens (tertiary/aromatic N) is 2. The molecule has 1 aliphatic heterocycles. The van der Waals surface area contributed by atoms with E-state index in [1.165, 1.54) is 0 Å². The number of carbonyl (C=O) groups is 1. The van der Waals surface area contributed by atoms with Crippen LogP contribution in [0, 0.1) is 0 Å². The Morgan fingerprint density at radius 3 is 2.47 bits per heavy atom. The molecule has 2 aromatic rings. The van der Waals surface area contributed by atoms with Gasteiger partial charge in [0.25, 0.3) is 0 Å². The second-order valence-corrected chi connectivity index (χ2v) is 7.49. The number of fused-ring (bicyclic) bond motifs is 1. The Morgan fingerprint density at radius 1 is 1.17 bits per heavy atom. The number of hydrogen-bond acceptors (Lipinski definition) is 4. The molecular weight excluding hydrogens is 419 g/mol. The van der Waals surface area contributed by atoms with Gasteiger partial charge in [0.2, 0.25) is 0 Å². The molecule has 0 radical (unpaired) electrons. The molecule has 0 spiro atoms. The minimum Gasteiger partial charge on any atom is -0.411 e. The quantitative estimate of drug-likeness (QED) is 0.414. The van der Waals surface area contributed by atoms with Crippen molar-refractivity contribution < 1.29 is 23.2 Å². The van der Waals surface area contributed by atoms with Gasteiger partial charge < -0.3 is 15.4 Å². The van der Waals surface area contributed by atoms with E-state index < -0.39 is 12.1 Å². The van der Waals surface area contributed by atoms with Crippen LogP contribution in [0.15, 0.2) is 41.6 Å². The Kier molecular flexibility index (Phi) is 6.55. The lowest BCUT2D eigenvalue weighted by Gasteiger charge is -2.21. The monoisotopic (exact) mass is 439 g/mol. The first-order valence-corrected chi connectivity index (χ1v) is 9.76. The van der Waals surface area contributed by atoms with E-state index in [1.807, 2.05) is 24.3 Å². The fourth-order valence-corrected chi connectivity index (χ4v) is 3.73. The zero-order valence-corrected chi connectivity index (χ0v) is 17.0. The molecule has 1 heterocycles. The summed E-state index contributed by atoms with van der Waals surface area (Å²) in [7, 11) is 0. The minimum absolute atomic E-state index is 0.0135. The average molecular weight is 440 g/mol. The third-order valence-electron chi connectivity index (χ3n) is 5.16. The number of oxime groups is 1. The second kappa shape index (κ2) is 8.95. The Balaban J connectivity index is 1.76. The molecule has 0 saturated heterocycles. The molecule has 30 heavy (non-hydrogen) atoms. The average Bonchev–Trinajstić information content (AvgIpc) is 2.94. The van der Waals surface area contributed by atoms with Crippen LogP contribution in [0.5, 0.6) is 0 Å². The maximum atomic E-state index is 12.8. The van der Waals surface area contributed by atoms with Crippen molar-refractivity contribution in [2.45, 2.75) is 32.5 Å². The number of anilines is 1. The van der Waals surface area contributed by atoms with E-state index >= 15 is 0 Å². The Hall–Kier alpha value is -2.74. The molecule has 3 rings (SSSR count). The molecule has 0 fully saturated rings. The number of halogens is 4. The van der Waals surface area contributed by atoms with Gasteiger partial charge in [0.05, 0.1) is 16.4 Å². The topological polar surface area (TPSA) is 64.9 Å². The van der Waals surface area contributed by atoms with Gasteiger partial charge in [0.15, 0.2) is 0 Å². The molecule has 0 aliphatic carbocycles. The summed E-state index contributed by atoms with van der Waals surface area (Å²) in [6.07, 6.45) is -4.26. The fourth-order valence-electron chi connectivity index (χ4n) is 3.48. The summed E-state index contributed by atoms with van der Waals surface area (Å²) in [5.74, 6) is -1.81. The summed E-state index contributed by atoms with van der Waals surface area (Å²) in [6.45, 7) is 2.14. The van der Waals surface area contributed by atoms with Gasteiger partial charge in [-0.05, 0) is 48.1 Å². The molecule has 2 N–H and O–H groups in total. The normalized spacial score (nSPS) is 14.8. The van der Waals surface area contributed by atoms with Crippen molar-refractivity contribution >= 4 is 28.9 Å². The number of hydrogen-bond donors (Lipinski definition) is 2. The van der Waals surface area contributed by atoms with E-state index in [0.29, 0.717) is 29.4 Å². The highest BCUT2D eigenvalue weighted by molar-refractivity contribution is 6.33. The third kappa shape index (κ3) is 4.87. The van der Waals surface area contributed by atoms with Gasteiger partial charge in [-0.15, -0.1) is 0 Å². The Labute approximate surface area is 177 Å². The van der Waals surface area contributed by atoms with E-state index in [0.717, 1.165) is 27.2 Å². The molecule has 2 aromatic carbocycles. The molecule has 0 saturated carbocycles. The Morgan fingerprint density at radius 2 is 1.83 bits per heavy atom. The summed E-state index contributed by atoms with van der Waals surface area (Å²) in [4.78, 5) is 12.5. The van der Waals surface area contributed by atoms with Crippen LogP contribution in [-0.4, -0.2) is 41.0 Å². The van der Waals surface area contributed by atoms with Crippen LogP contribution >= 0.6 is 11.6 Å². The largest absolute Gasteiger partial charge is 0.471 e. The van der Waals surface area contributed by atoms with Crippen LogP contribution in [0.2, 0.25) is 5.02 Å². The second-order valence-electron chi connectivity index (χ2n) is 7.09. The number of alkyl halides is 3. The maximum Gasteiger partial charge on any atom is 0.471 e. The number of rotatable bonds is 4. The van der Waals surface area contributed by atoms with Crippen molar-refractivity contribution in [1.29, 1.82) is 0 Å². The van der Waals surface area contributed by atoms with Gasteiger partial charge in [-0.25, -0.2) is 0 Å². The molecule has 0 bridgehead atoms. The van der Waals surface area contributed by atoms with Gasteiger partial charge >= 0.3 is 12.1 Å². The third-order valence-corrected chi connectivity index (χ3v) is 5.48. The first-order valence-electron chi connectivity index (χ1n) is 9.39. The summed E-state index contributed by atoms with van der Waals surface area (Å²) < 4.78 is 38.4. The van der Waals surface area contributed by atoms with E-state index in [-0.39, 0.29) is 19.5 Å². The highest BCUT2D eigenvalue weighted by Gasteiger charge is 2.42. The van der Waals surface area contributed by atoms with E-state index in [4.69, 9.17) is 16.8 Å². The van der Waals surface area contributed by atoms with Gasteiger partial charge in [-0.3, -0.25) is 4.79 Å². The van der Waals surface area contributed by atoms with Crippen LogP contribution in [-0.2, 0) is 24.2 Å². The van der Waals surface area contributed by atoms with Gasteiger partial charge in [-0.1, -0.05) is 47.1 Å². The van der Waals surface area contributed by atoms with Crippen LogP contribution in [0.3, 0.4) is 0 Å². The Bertz CT molecular complexity index is 959. The summed E-state index contributed by atoms with van der Waals surface area (Å²) in [5, 5.41) is 15.8. The summed E-state index contributed by atoms with van der Waals surface area (Å²) >= 11 is 6.37. The molecule has 1 amide bonds. The SMILES string of the molecule is CC(=NO)c1ccc(CNc2c(Cl)ccc3c2CCN(C(=O)C(F)(F)F)CC3)cc1. The zero-order valence-electron chi connectivity index (χ0n) is 16.3. The van der Waals surface area contributed by atoms with Crippen molar-refractivity contribution in [2.75, 3.05) is 18.4 Å². The molecule has 0 atom stereocenters. The zero-order chi connectivity index (χ0) is 21.9. The molecular formula is C21H21ClF3N3O2. The smallest absolute Gasteiger partial charge is 0.411 e. The molecule has 9 heteroatoms. The molecule has 5 nitrogen and oxygen atoms in total. The summed E-state index contributed by atoms with van der Waals surface area (Å²) in [6, 6.07) is 11.0. The number of carbonyl (C=O) groups excluding carboxylic acids is 1. The van der Waals surface area contributed by atoms with Gasteiger partial charge in [0, 0.05) is 19.6 Å². The standard InChI is InChI=1S/C21H21ClF3N3O2/c1-13(27-30)15-4-2-14(3-5-15)12-26-19-17-9-11-28(20(29)21(23,24)25)10-8-16(17)6-7-18(19)22/h2-7,26,30H,8-12H2,1H3. The van der Waals surface area contributed by atoms with Crippen molar-refractivity contribution in [3.8, 4) is 0 Å². The molecule has 160 valence electrons. The van der Waals surface area contributed by atoms with Crippen molar-refractivity contribution in [2.24, 2.45) is 5.16 Å². The molecule has 0 aromatic heterocycles. The lowest BCUT2D eigenvalue weighted by molar-refractivity contribution is -0.185. The van der Waals surface area contributed by atoms with Crippen LogP contribution in [0.25, 0.3) is 0 Å².